The topological polar surface area (TPSA) is 3.24 Å². The molecule has 2 rings (SSSR count). The summed E-state index contributed by atoms with van der Waals surface area (Å²) in [6, 6.07) is 7.11. The molecule has 0 unspecified atom stereocenters. The molecular weight excluding hydrogens is 230 g/mol. The molecule has 0 aliphatic carbocycles. The van der Waals surface area contributed by atoms with Crippen LogP contribution in [0.3, 0.4) is 0 Å². The maximum absolute atomic E-state index is 2.53. The zero-order valence-corrected chi connectivity index (χ0v) is 13.5. The van der Waals surface area contributed by atoms with Crippen LogP contribution in [-0.4, -0.2) is 13.1 Å². The van der Waals surface area contributed by atoms with Gasteiger partial charge >= 0.3 is 0 Å². The maximum atomic E-state index is 2.53. The van der Waals surface area contributed by atoms with Gasteiger partial charge in [0.25, 0.3) is 0 Å². The molecule has 1 heterocycles. The van der Waals surface area contributed by atoms with Crippen molar-refractivity contribution in [3.63, 3.8) is 0 Å². The Morgan fingerprint density at radius 1 is 0.789 bits per heavy atom. The molecular formula is C18H29N. The van der Waals surface area contributed by atoms with Gasteiger partial charge < -0.3 is 4.90 Å². The second-order valence-electron chi connectivity index (χ2n) is 7.92. The van der Waals surface area contributed by atoms with Gasteiger partial charge in [-0.05, 0) is 46.9 Å². The van der Waals surface area contributed by atoms with Gasteiger partial charge in [0.05, 0.1) is 0 Å². The highest BCUT2D eigenvalue weighted by molar-refractivity contribution is 5.54. The van der Waals surface area contributed by atoms with Gasteiger partial charge in [-0.15, -0.1) is 0 Å². The van der Waals surface area contributed by atoms with Crippen LogP contribution in [-0.2, 0) is 10.8 Å². The van der Waals surface area contributed by atoms with Gasteiger partial charge in [-0.3, -0.25) is 0 Å². The van der Waals surface area contributed by atoms with E-state index in [0.29, 0.717) is 0 Å². The van der Waals surface area contributed by atoms with Crippen molar-refractivity contribution < 1.29 is 0 Å². The Labute approximate surface area is 119 Å². The van der Waals surface area contributed by atoms with Crippen LogP contribution in [0.2, 0.25) is 0 Å². The van der Waals surface area contributed by atoms with Crippen LogP contribution in [0, 0.1) is 0 Å². The second kappa shape index (κ2) is 4.85. The lowest BCUT2D eigenvalue weighted by Crippen LogP contribution is -2.24. The van der Waals surface area contributed by atoms with E-state index >= 15 is 0 Å². The zero-order chi connectivity index (χ0) is 14.3. The molecule has 1 heteroatoms. The summed E-state index contributed by atoms with van der Waals surface area (Å²) in [7, 11) is 0. The molecule has 1 fully saturated rings. The highest BCUT2D eigenvalue weighted by atomic mass is 15.1. The predicted octanol–water partition coefficient (Wildman–Crippen LogP) is 4.88. The van der Waals surface area contributed by atoms with Crippen molar-refractivity contribution >= 4 is 5.69 Å². The average Bonchev–Trinajstić information content (AvgIpc) is 2.79. The monoisotopic (exact) mass is 259 g/mol. The van der Waals surface area contributed by atoms with E-state index < -0.39 is 0 Å². The molecule has 0 aromatic heterocycles. The minimum Gasteiger partial charge on any atom is -0.372 e. The summed E-state index contributed by atoms with van der Waals surface area (Å²) in [5, 5.41) is 0. The first kappa shape index (κ1) is 14.4. The van der Waals surface area contributed by atoms with Gasteiger partial charge in [0.2, 0.25) is 0 Å². The zero-order valence-electron chi connectivity index (χ0n) is 13.5. The molecule has 0 atom stereocenters. The van der Waals surface area contributed by atoms with Gasteiger partial charge in [-0.25, -0.2) is 0 Å². The van der Waals surface area contributed by atoms with Crippen LogP contribution >= 0.6 is 0 Å². The van der Waals surface area contributed by atoms with Crippen LogP contribution in [0.1, 0.15) is 65.5 Å². The standard InChI is InChI=1S/C18H29N/c1-17(2,3)15-10-9-14(19-11-7-8-12-19)13-16(15)18(4,5)6/h9-10,13H,7-8,11-12H2,1-6H3. The number of benzene rings is 1. The summed E-state index contributed by atoms with van der Waals surface area (Å²) in [6.07, 6.45) is 2.68. The quantitative estimate of drug-likeness (QED) is 0.694. The predicted molar refractivity (Wildman–Crippen MR) is 85.3 cm³/mol. The third kappa shape index (κ3) is 3.13. The summed E-state index contributed by atoms with van der Waals surface area (Å²) >= 11 is 0. The lowest BCUT2D eigenvalue weighted by Gasteiger charge is -2.32. The summed E-state index contributed by atoms with van der Waals surface area (Å²) in [5.41, 5.74) is 4.83. The van der Waals surface area contributed by atoms with Gasteiger partial charge in [0.15, 0.2) is 0 Å². The van der Waals surface area contributed by atoms with Crippen molar-refractivity contribution in [2.45, 2.75) is 65.2 Å². The van der Waals surface area contributed by atoms with Crippen LogP contribution in [0.5, 0.6) is 0 Å². The Balaban J connectivity index is 2.47. The van der Waals surface area contributed by atoms with Gasteiger partial charge in [-0.2, -0.15) is 0 Å². The summed E-state index contributed by atoms with van der Waals surface area (Å²) in [4.78, 5) is 2.53. The largest absolute Gasteiger partial charge is 0.372 e. The Kier molecular flexibility index (Phi) is 3.68. The molecule has 1 aliphatic heterocycles. The van der Waals surface area contributed by atoms with E-state index in [1.54, 1.807) is 0 Å². The highest BCUT2D eigenvalue weighted by Crippen LogP contribution is 2.36. The van der Waals surface area contributed by atoms with Crippen molar-refractivity contribution in [3.05, 3.63) is 29.3 Å². The van der Waals surface area contributed by atoms with Crippen LogP contribution in [0.25, 0.3) is 0 Å². The third-order valence-corrected chi connectivity index (χ3v) is 4.09. The molecule has 1 saturated heterocycles. The Bertz CT molecular complexity index is 440. The van der Waals surface area contributed by atoms with E-state index in [1.807, 2.05) is 0 Å². The Morgan fingerprint density at radius 2 is 1.32 bits per heavy atom. The van der Waals surface area contributed by atoms with Gasteiger partial charge in [0, 0.05) is 18.8 Å². The number of anilines is 1. The normalized spacial score (nSPS) is 17.1. The lowest BCUT2D eigenvalue weighted by molar-refractivity contribution is 0.530. The van der Waals surface area contributed by atoms with E-state index in [9.17, 15) is 0 Å². The van der Waals surface area contributed by atoms with Crippen LogP contribution < -0.4 is 4.90 Å². The minimum atomic E-state index is 0.207. The molecule has 0 bridgehead atoms. The van der Waals surface area contributed by atoms with E-state index in [-0.39, 0.29) is 10.8 Å². The molecule has 1 aliphatic rings. The van der Waals surface area contributed by atoms with E-state index in [2.05, 4.69) is 64.6 Å². The fourth-order valence-corrected chi connectivity index (χ4v) is 2.98. The number of rotatable bonds is 1. The van der Waals surface area contributed by atoms with E-state index in [4.69, 9.17) is 0 Å². The van der Waals surface area contributed by atoms with Crippen LogP contribution in [0.4, 0.5) is 5.69 Å². The first-order chi connectivity index (χ1) is 8.69. The molecule has 0 amide bonds. The molecule has 106 valence electrons. The second-order valence-corrected chi connectivity index (χ2v) is 7.92. The Hall–Kier alpha value is -0.980. The van der Waals surface area contributed by atoms with Crippen molar-refractivity contribution in [2.75, 3.05) is 18.0 Å². The lowest BCUT2D eigenvalue weighted by atomic mass is 9.75. The number of nitrogens with zero attached hydrogens (tertiary/aromatic N) is 1. The molecule has 0 spiro atoms. The molecule has 1 aromatic rings. The van der Waals surface area contributed by atoms with Crippen molar-refractivity contribution in [3.8, 4) is 0 Å². The fourth-order valence-electron chi connectivity index (χ4n) is 2.98. The van der Waals surface area contributed by atoms with E-state index in [0.717, 1.165) is 0 Å². The van der Waals surface area contributed by atoms with Crippen molar-refractivity contribution in [2.24, 2.45) is 0 Å². The molecule has 1 aromatic carbocycles. The van der Waals surface area contributed by atoms with Crippen molar-refractivity contribution in [1.29, 1.82) is 0 Å². The van der Waals surface area contributed by atoms with Gasteiger partial charge in [0.1, 0.15) is 0 Å². The fraction of sp³-hybridized carbons (Fsp3) is 0.667. The smallest absolute Gasteiger partial charge is 0.0369 e. The van der Waals surface area contributed by atoms with Crippen molar-refractivity contribution in [1.82, 2.24) is 0 Å². The summed E-state index contributed by atoms with van der Waals surface area (Å²) in [5.74, 6) is 0. The third-order valence-electron chi connectivity index (χ3n) is 4.09. The first-order valence-corrected chi connectivity index (χ1v) is 7.59. The highest BCUT2D eigenvalue weighted by Gasteiger charge is 2.26. The number of hydrogen-bond donors (Lipinski definition) is 0. The maximum Gasteiger partial charge on any atom is 0.0369 e. The summed E-state index contributed by atoms with van der Waals surface area (Å²) in [6.45, 7) is 16.4. The summed E-state index contributed by atoms with van der Waals surface area (Å²) < 4.78 is 0. The van der Waals surface area contributed by atoms with Gasteiger partial charge in [-0.1, -0.05) is 47.6 Å². The SMILES string of the molecule is CC(C)(C)c1ccc(N2CCCC2)cc1C(C)(C)C. The Morgan fingerprint density at radius 3 is 1.79 bits per heavy atom. The average molecular weight is 259 g/mol. The molecule has 0 saturated carbocycles. The van der Waals surface area contributed by atoms with E-state index in [1.165, 1.54) is 42.7 Å². The number of hydrogen-bond acceptors (Lipinski definition) is 1. The minimum absolute atomic E-state index is 0.207. The molecule has 19 heavy (non-hydrogen) atoms. The molecule has 0 radical (unpaired) electrons. The van der Waals surface area contributed by atoms with Crippen LogP contribution in [0.15, 0.2) is 18.2 Å². The molecule has 0 N–H and O–H groups in total. The first-order valence-electron chi connectivity index (χ1n) is 7.59. The molecule has 1 nitrogen and oxygen atoms in total.